The van der Waals surface area contributed by atoms with Gasteiger partial charge in [-0.2, -0.15) is 0 Å². The molecule has 0 saturated heterocycles. The summed E-state index contributed by atoms with van der Waals surface area (Å²) in [5.41, 5.74) is 1.08. The molecule has 84 valence electrons. The van der Waals surface area contributed by atoms with Crippen molar-refractivity contribution in [3.63, 3.8) is 0 Å². The number of nitrogens with one attached hydrogen (secondary N) is 1. The highest BCUT2D eigenvalue weighted by molar-refractivity contribution is 5.92. The third-order valence-corrected chi connectivity index (χ3v) is 2.65. The van der Waals surface area contributed by atoms with Crippen molar-refractivity contribution in [2.45, 2.75) is 0 Å². The second kappa shape index (κ2) is 4.31. The molecular weight excluding hydrogens is 202 g/mol. The van der Waals surface area contributed by atoms with Gasteiger partial charge >= 0.3 is 0 Å². The van der Waals surface area contributed by atoms with Crippen LogP contribution in [0.2, 0.25) is 0 Å². The molecule has 2 rings (SSSR count). The topological polar surface area (TPSA) is 30.5 Å². The van der Waals surface area contributed by atoms with Crippen molar-refractivity contribution < 1.29 is 9.47 Å². The average Bonchev–Trinajstić information content (AvgIpc) is 2.36. The van der Waals surface area contributed by atoms with Crippen molar-refractivity contribution in [3.05, 3.63) is 30.3 Å². The summed E-state index contributed by atoms with van der Waals surface area (Å²) in [5, 5.41) is 5.30. The van der Waals surface area contributed by atoms with E-state index in [0.717, 1.165) is 28.0 Å². The van der Waals surface area contributed by atoms with Gasteiger partial charge in [-0.25, -0.2) is 0 Å². The molecule has 0 spiro atoms. The van der Waals surface area contributed by atoms with E-state index in [1.165, 1.54) is 0 Å². The molecule has 0 aliphatic heterocycles. The van der Waals surface area contributed by atoms with E-state index in [-0.39, 0.29) is 0 Å². The second-order valence-electron chi connectivity index (χ2n) is 3.49. The van der Waals surface area contributed by atoms with Gasteiger partial charge in [0, 0.05) is 18.1 Å². The molecular formula is C13H15NO2. The number of ether oxygens (including phenoxy) is 2. The lowest BCUT2D eigenvalue weighted by Gasteiger charge is -2.11. The molecule has 0 atom stereocenters. The Labute approximate surface area is 95.0 Å². The summed E-state index contributed by atoms with van der Waals surface area (Å²) in [6.07, 6.45) is 0. The number of methoxy groups -OCH3 is 2. The van der Waals surface area contributed by atoms with E-state index in [1.54, 1.807) is 14.2 Å². The molecule has 0 heterocycles. The van der Waals surface area contributed by atoms with Crippen LogP contribution in [0, 0.1) is 0 Å². The standard InChI is InChI=1S/C13H15NO2/c1-14-10-5-6-11-9(8-10)4-7-12(15-2)13(11)16-3/h4-8,14H,1-3H3. The summed E-state index contributed by atoms with van der Waals surface area (Å²) >= 11 is 0. The maximum absolute atomic E-state index is 5.38. The summed E-state index contributed by atoms with van der Waals surface area (Å²) in [6, 6.07) is 10.1. The minimum atomic E-state index is 0.757. The Balaban J connectivity index is 2.69. The highest BCUT2D eigenvalue weighted by atomic mass is 16.5. The van der Waals surface area contributed by atoms with Crippen molar-refractivity contribution in [1.82, 2.24) is 0 Å². The van der Waals surface area contributed by atoms with Crippen LogP contribution in [0.4, 0.5) is 5.69 Å². The SMILES string of the molecule is CNc1ccc2c(OC)c(OC)ccc2c1. The molecule has 0 aromatic heterocycles. The molecule has 0 fully saturated rings. The maximum Gasteiger partial charge on any atom is 0.168 e. The zero-order valence-electron chi connectivity index (χ0n) is 9.70. The van der Waals surface area contributed by atoms with Crippen LogP contribution >= 0.6 is 0 Å². The lowest BCUT2D eigenvalue weighted by atomic mass is 10.1. The van der Waals surface area contributed by atoms with Crippen LogP contribution in [0.15, 0.2) is 30.3 Å². The molecule has 0 aliphatic carbocycles. The second-order valence-corrected chi connectivity index (χ2v) is 3.49. The minimum absolute atomic E-state index is 0.757. The monoisotopic (exact) mass is 217 g/mol. The summed E-state index contributed by atoms with van der Waals surface area (Å²) < 4.78 is 10.6. The molecule has 0 aliphatic rings. The molecule has 2 aromatic carbocycles. The number of hydrogen-bond acceptors (Lipinski definition) is 3. The molecule has 1 N–H and O–H groups in total. The van der Waals surface area contributed by atoms with E-state index >= 15 is 0 Å². The molecule has 16 heavy (non-hydrogen) atoms. The fourth-order valence-corrected chi connectivity index (χ4v) is 1.81. The van der Waals surface area contributed by atoms with Gasteiger partial charge in [-0.05, 0) is 29.7 Å². The van der Waals surface area contributed by atoms with Crippen molar-refractivity contribution in [1.29, 1.82) is 0 Å². The Morgan fingerprint density at radius 1 is 1.00 bits per heavy atom. The number of rotatable bonds is 3. The molecule has 3 nitrogen and oxygen atoms in total. The average molecular weight is 217 g/mol. The van der Waals surface area contributed by atoms with E-state index in [0.29, 0.717) is 0 Å². The minimum Gasteiger partial charge on any atom is -0.493 e. The molecule has 2 aromatic rings. The third kappa shape index (κ3) is 1.65. The van der Waals surface area contributed by atoms with Gasteiger partial charge in [-0.3, -0.25) is 0 Å². The molecule has 0 unspecified atom stereocenters. The van der Waals surface area contributed by atoms with Gasteiger partial charge in [-0.15, -0.1) is 0 Å². The summed E-state index contributed by atoms with van der Waals surface area (Å²) in [4.78, 5) is 0. The zero-order chi connectivity index (χ0) is 11.5. The van der Waals surface area contributed by atoms with E-state index in [2.05, 4.69) is 11.4 Å². The zero-order valence-corrected chi connectivity index (χ0v) is 9.70. The van der Waals surface area contributed by atoms with Crippen LogP contribution in [-0.2, 0) is 0 Å². The molecule has 0 saturated carbocycles. The van der Waals surface area contributed by atoms with Crippen LogP contribution < -0.4 is 14.8 Å². The Bertz CT molecular complexity index is 509. The van der Waals surface area contributed by atoms with E-state index in [4.69, 9.17) is 9.47 Å². The summed E-state index contributed by atoms with van der Waals surface area (Å²) in [5.74, 6) is 1.54. The Hall–Kier alpha value is -1.90. The lowest BCUT2D eigenvalue weighted by Crippen LogP contribution is -1.92. The number of fused-ring (bicyclic) bond motifs is 1. The first-order chi connectivity index (χ1) is 7.80. The quantitative estimate of drug-likeness (QED) is 0.857. The van der Waals surface area contributed by atoms with Crippen LogP contribution in [0.25, 0.3) is 10.8 Å². The van der Waals surface area contributed by atoms with Crippen LogP contribution in [-0.4, -0.2) is 21.3 Å². The fourth-order valence-electron chi connectivity index (χ4n) is 1.81. The van der Waals surface area contributed by atoms with Crippen molar-refractivity contribution in [2.75, 3.05) is 26.6 Å². The van der Waals surface area contributed by atoms with Gasteiger partial charge in [0.1, 0.15) is 0 Å². The Morgan fingerprint density at radius 2 is 1.81 bits per heavy atom. The predicted octanol–water partition coefficient (Wildman–Crippen LogP) is 2.90. The smallest absolute Gasteiger partial charge is 0.168 e. The first-order valence-electron chi connectivity index (χ1n) is 5.12. The van der Waals surface area contributed by atoms with Gasteiger partial charge in [0.2, 0.25) is 0 Å². The van der Waals surface area contributed by atoms with Crippen molar-refractivity contribution >= 4 is 16.5 Å². The molecule has 0 radical (unpaired) electrons. The fraction of sp³-hybridized carbons (Fsp3) is 0.231. The van der Waals surface area contributed by atoms with E-state index in [9.17, 15) is 0 Å². The van der Waals surface area contributed by atoms with Crippen molar-refractivity contribution in [3.8, 4) is 11.5 Å². The number of hydrogen-bond donors (Lipinski definition) is 1. The maximum atomic E-state index is 5.38. The Morgan fingerprint density at radius 3 is 2.44 bits per heavy atom. The number of benzene rings is 2. The van der Waals surface area contributed by atoms with E-state index < -0.39 is 0 Å². The van der Waals surface area contributed by atoms with Gasteiger partial charge < -0.3 is 14.8 Å². The van der Waals surface area contributed by atoms with E-state index in [1.807, 2.05) is 31.3 Å². The first-order valence-corrected chi connectivity index (χ1v) is 5.12. The van der Waals surface area contributed by atoms with Gasteiger partial charge in [0.25, 0.3) is 0 Å². The van der Waals surface area contributed by atoms with Crippen molar-refractivity contribution in [2.24, 2.45) is 0 Å². The molecule has 3 heteroatoms. The largest absolute Gasteiger partial charge is 0.493 e. The Kier molecular flexibility index (Phi) is 2.86. The molecule has 0 amide bonds. The third-order valence-electron chi connectivity index (χ3n) is 2.65. The lowest BCUT2D eigenvalue weighted by molar-refractivity contribution is 0.358. The van der Waals surface area contributed by atoms with Gasteiger partial charge in [-0.1, -0.05) is 6.07 Å². The molecule has 0 bridgehead atoms. The normalized spacial score (nSPS) is 10.2. The van der Waals surface area contributed by atoms with Crippen LogP contribution in [0.3, 0.4) is 0 Å². The number of anilines is 1. The highest BCUT2D eigenvalue weighted by Crippen LogP contribution is 2.36. The van der Waals surface area contributed by atoms with Gasteiger partial charge in [0.05, 0.1) is 14.2 Å². The highest BCUT2D eigenvalue weighted by Gasteiger charge is 2.08. The van der Waals surface area contributed by atoms with Crippen LogP contribution in [0.5, 0.6) is 11.5 Å². The van der Waals surface area contributed by atoms with Gasteiger partial charge in [0.15, 0.2) is 11.5 Å². The van der Waals surface area contributed by atoms with Crippen LogP contribution in [0.1, 0.15) is 0 Å². The first kappa shape index (κ1) is 10.6. The summed E-state index contributed by atoms with van der Waals surface area (Å²) in [6.45, 7) is 0. The predicted molar refractivity (Wildman–Crippen MR) is 66.6 cm³/mol. The summed E-state index contributed by atoms with van der Waals surface area (Å²) in [7, 11) is 5.21.